The van der Waals surface area contributed by atoms with Gasteiger partial charge in [-0.3, -0.25) is 4.72 Å². The first kappa shape index (κ1) is 16.5. The third-order valence-corrected chi connectivity index (χ3v) is 6.12. The Morgan fingerprint density at radius 2 is 1.86 bits per heavy atom. The van der Waals surface area contributed by atoms with Crippen LogP contribution in [-0.2, 0) is 16.4 Å². The Morgan fingerprint density at radius 3 is 2.43 bits per heavy atom. The average Bonchev–Trinajstić information content (AvgIpc) is 2.84. The standard InChI is InChI=1S/C12H11Cl2FN2O2S2/c13-9-5-7(15)6-10(14)12(9)17-21(18,19)11-2-1-8(20-11)3-4-16/h1-2,5-6,17H,3-4,16H2. The smallest absolute Gasteiger partial charge is 0.271 e. The molecular formula is C12H11Cl2FN2O2S2. The second kappa shape index (κ2) is 6.50. The largest absolute Gasteiger partial charge is 0.330 e. The van der Waals surface area contributed by atoms with Gasteiger partial charge in [-0.05, 0) is 37.2 Å². The van der Waals surface area contributed by atoms with E-state index in [4.69, 9.17) is 28.9 Å². The summed E-state index contributed by atoms with van der Waals surface area (Å²) in [6.45, 7) is 0.434. The first-order valence-corrected chi connectivity index (χ1v) is 8.85. The summed E-state index contributed by atoms with van der Waals surface area (Å²) in [7, 11) is -3.83. The summed E-state index contributed by atoms with van der Waals surface area (Å²) in [5, 5.41) is -0.218. The highest BCUT2D eigenvalue weighted by Crippen LogP contribution is 2.34. The Balaban J connectivity index is 2.33. The lowest BCUT2D eigenvalue weighted by Gasteiger charge is -2.10. The van der Waals surface area contributed by atoms with Crippen LogP contribution in [0.2, 0.25) is 10.0 Å². The van der Waals surface area contributed by atoms with E-state index in [1.165, 1.54) is 6.07 Å². The van der Waals surface area contributed by atoms with Crippen molar-refractivity contribution >= 4 is 50.2 Å². The summed E-state index contributed by atoms with van der Waals surface area (Å²) in [5.74, 6) is -0.644. The molecule has 0 amide bonds. The van der Waals surface area contributed by atoms with Crippen LogP contribution in [0.15, 0.2) is 28.5 Å². The summed E-state index contributed by atoms with van der Waals surface area (Å²) in [5.41, 5.74) is 5.38. The van der Waals surface area contributed by atoms with Gasteiger partial charge in [-0.25, -0.2) is 12.8 Å². The summed E-state index contributed by atoms with van der Waals surface area (Å²) in [6, 6.07) is 5.14. The fourth-order valence-electron chi connectivity index (χ4n) is 1.60. The Morgan fingerprint density at radius 1 is 1.24 bits per heavy atom. The number of nitrogens with two attached hydrogens (primary N) is 1. The van der Waals surface area contributed by atoms with Crippen LogP contribution in [0, 0.1) is 5.82 Å². The topological polar surface area (TPSA) is 72.2 Å². The van der Waals surface area contributed by atoms with E-state index in [9.17, 15) is 12.8 Å². The molecule has 4 nitrogen and oxygen atoms in total. The molecule has 0 atom stereocenters. The molecular weight excluding hydrogens is 358 g/mol. The number of halogens is 3. The van der Waals surface area contributed by atoms with E-state index < -0.39 is 15.8 Å². The van der Waals surface area contributed by atoms with Crippen LogP contribution < -0.4 is 10.5 Å². The third-order valence-electron chi connectivity index (χ3n) is 2.54. The van der Waals surface area contributed by atoms with Gasteiger partial charge in [0.25, 0.3) is 10.0 Å². The highest BCUT2D eigenvalue weighted by Gasteiger charge is 2.20. The maximum Gasteiger partial charge on any atom is 0.271 e. The number of rotatable bonds is 5. The Labute approximate surface area is 135 Å². The van der Waals surface area contributed by atoms with E-state index in [0.29, 0.717) is 13.0 Å². The first-order chi connectivity index (χ1) is 9.83. The quantitative estimate of drug-likeness (QED) is 0.848. The highest BCUT2D eigenvalue weighted by molar-refractivity contribution is 7.94. The van der Waals surface area contributed by atoms with Gasteiger partial charge in [-0.1, -0.05) is 23.2 Å². The molecule has 2 aromatic rings. The normalized spacial score (nSPS) is 11.6. The average molecular weight is 369 g/mol. The van der Waals surface area contributed by atoms with Gasteiger partial charge < -0.3 is 5.73 Å². The maximum atomic E-state index is 13.1. The van der Waals surface area contributed by atoms with Crippen molar-refractivity contribution < 1.29 is 12.8 Å². The molecule has 114 valence electrons. The van der Waals surface area contributed by atoms with Crippen LogP contribution in [0.5, 0.6) is 0 Å². The van der Waals surface area contributed by atoms with Crippen molar-refractivity contribution in [2.24, 2.45) is 5.73 Å². The monoisotopic (exact) mass is 368 g/mol. The molecule has 2 rings (SSSR count). The number of hydrogen-bond donors (Lipinski definition) is 2. The van der Waals surface area contributed by atoms with Crippen molar-refractivity contribution in [3.63, 3.8) is 0 Å². The minimum atomic E-state index is -3.83. The highest BCUT2D eigenvalue weighted by atomic mass is 35.5. The van der Waals surface area contributed by atoms with Crippen LogP contribution in [-0.4, -0.2) is 15.0 Å². The van der Waals surface area contributed by atoms with E-state index in [1.54, 1.807) is 6.07 Å². The molecule has 0 aliphatic heterocycles. The molecule has 3 N–H and O–H groups in total. The number of benzene rings is 1. The zero-order chi connectivity index (χ0) is 15.6. The molecule has 1 aromatic carbocycles. The van der Waals surface area contributed by atoms with Gasteiger partial charge in [0.15, 0.2) is 0 Å². The van der Waals surface area contributed by atoms with Gasteiger partial charge in [0.05, 0.1) is 15.7 Å². The predicted molar refractivity (Wildman–Crippen MR) is 84.3 cm³/mol. The van der Waals surface area contributed by atoms with E-state index in [1.807, 2.05) is 0 Å². The van der Waals surface area contributed by atoms with Crippen molar-refractivity contribution in [1.29, 1.82) is 0 Å². The molecule has 21 heavy (non-hydrogen) atoms. The summed E-state index contributed by atoms with van der Waals surface area (Å²) < 4.78 is 40.0. The minimum absolute atomic E-state index is 0.0477. The number of thiophene rings is 1. The number of hydrogen-bond acceptors (Lipinski definition) is 4. The second-order valence-corrected chi connectivity index (χ2v) is 8.00. The van der Waals surface area contributed by atoms with Crippen molar-refractivity contribution in [2.75, 3.05) is 11.3 Å². The van der Waals surface area contributed by atoms with Crippen LogP contribution in [0.1, 0.15) is 4.88 Å². The fraction of sp³-hybridized carbons (Fsp3) is 0.167. The van der Waals surface area contributed by atoms with Crippen LogP contribution in [0.4, 0.5) is 10.1 Å². The molecule has 0 fully saturated rings. The first-order valence-electron chi connectivity index (χ1n) is 5.79. The fourth-order valence-corrected chi connectivity index (χ4v) is 4.74. The zero-order valence-corrected chi connectivity index (χ0v) is 13.7. The molecule has 0 aliphatic carbocycles. The van der Waals surface area contributed by atoms with Gasteiger partial charge in [0.2, 0.25) is 0 Å². The van der Waals surface area contributed by atoms with Crippen LogP contribution in [0.25, 0.3) is 0 Å². The van der Waals surface area contributed by atoms with E-state index in [2.05, 4.69) is 4.72 Å². The minimum Gasteiger partial charge on any atom is -0.330 e. The van der Waals surface area contributed by atoms with Gasteiger partial charge in [-0.2, -0.15) is 0 Å². The van der Waals surface area contributed by atoms with E-state index >= 15 is 0 Å². The SMILES string of the molecule is NCCc1ccc(S(=O)(=O)Nc2c(Cl)cc(F)cc2Cl)s1. The van der Waals surface area contributed by atoms with Crippen LogP contribution >= 0.6 is 34.5 Å². The van der Waals surface area contributed by atoms with Crippen molar-refractivity contribution in [3.8, 4) is 0 Å². The molecule has 0 bridgehead atoms. The Kier molecular flexibility index (Phi) is 5.11. The molecule has 0 saturated carbocycles. The molecule has 0 unspecified atom stereocenters. The lowest BCUT2D eigenvalue weighted by Crippen LogP contribution is -2.12. The van der Waals surface area contributed by atoms with Gasteiger partial charge in [0, 0.05) is 4.88 Å². The lowest BCUT2D eigenvalue weighted by atomic mass is 10.3. The molecule has 9 heteroatoms. The van der Waals surface area contributed by atoms with Crippen molar-refractivity contribution in [1.82, 2.24) is 0 Å². The van der Waals surface area contributed by atoms with Gasteiger partial charge >= 0.3 is 0 Å². The number of sulfonamides is 1. The zero-order valence-electron chi connectivity index (χ0n) is 10.6. The third kappa shape index (κ3) is 3.87. The van der Waals surface area contributed by atoms with E-state index in [-0.39, 0.29) is 19.9 Å². The number of nitrogens with one attached hydrogen (secondary N) is 1. The molecule has 1 aromatic heterocycles. The van der Waals surface area contributed by atoms with Crippen LogP contribution in [0.3, 0.4) is 0 Å². The van der Waals surface area contributed by atoms with Gasteiger partial charge in [0.1, 0.15) is 10.0 Å². The molecule has 1 heterocycles. The number of anilines is 1. The Hall–Kier alpha value is -0.860. The maximum absolute atomic E-state index is 13.1. The second-order valence-electron chi connectivity index (χ2n) is 4.11. The van der Waals surface area contributed by atoms with E-state index in [0.717, 1.165) is 28.3 Å². The van der Waals surface area contributed by atoms with Crippen molar-refractivity contribution in [3.05, 3.63) is 45.0 Å². The predicted octanol–water partition coefficient (Wildman–Crippen LogP) is 3.50. The molecule has 0 radical (unpaired) electrons. The van der Waals surface area contributed by atoms with Gasteiger partial charge in [-0.15, -0.1) is 11.3 Å². The Bertz CT molecular complexity index is 739. The summed E-state index contributed by atoms with van der Waals surface area (Å²) in [6.07, 6.45) is 0.595. The molecule has 0 saturated heterocycles. The lowest BCUT2D eigenvalue weighted by molar-refractivity contribution is 0.603. The van der Waals surface area contributed by atoms with Crippen molar-refractivity contribution in [2.45, 2.75) is 10.6 Å². The summed E-state index contributed by atoms with van der Waals surface area (Å²) in [4.78, 5) is 0.856. The molecule has 0 aliphatic rings. The summed E-state index contributed by atoms with van der Waals surface area (Å²) >= 11 is 12.7. The molecule has 0 spiro atoms.